The van der Waals surface area contributed by atoms with Crippen molar-refractivity contribution < 1.29 is 4.74 Å². The summed E-state index contributed by atoms with van der Waals surface area (Å²) >= 11 is 0. The van der Waals surface area contributed by atoms with Gasteiger partial charge < -0.3 is 14.6 Å². The third-order valence-corrected chi connectivity index (χ3v) is 4.15. The highest BCUT2D eigenvalue weighted by Crippen LogP contribution is 2.35. The SMILES string of the molecule is CCC1OCCC1CNCc1cncn1C1CC1. The van der Waals surface area contributed by atoms with Gasteiger partial charge >= 0.3 is 0 Å². The molecule has 4 heteroatoms. The van der Waals surface area contributed by atoms with Gasteiger partial charge in [-0.25, -0.2) is 4.98 Å². The summed E-state index contributed by atoms with van der Waals surface area (Å²) in [5.41, 5.74) is 1.32. The third-order valence-electron chi connectivity index (χ3n) is 4.15. The molecule has 2 fully saturated rings. The van der Waals surface area contributed by atoms with Crippen LogP contribution in [0.15, 0.2) is 12.5 Å². The van der Waals surface area contributed by atoms with Crippen LogP contribution in [0.4, 0.5) is 0 Å². The van der Waals surface area contributed by atoms with E-state index < -0.39 is 0 Å². The van der Waals surface area contributed by atoms with Crippen molar-refractivity contribution in [3.63, 3.8) is 0 Å². The minimum atomic E-state index is 0.464. The van der Waals surface area contributed by atoms with Crippen LogP contribution in [0.3, 0.4) is 0 Å². The average molecular weight is 249 g/mol. The fourth-order valence-electron chi connectivity index (χ4n) is 2.91. The first-order chi connectivity index (χ1) is 8.88. The maximum Gasteiger partial charge on any atom is 0.0951 e. The molecule has 2 atom stereocenters. The summed E-state index contributed by atoms with van der Waals surface area (Å²) in [6, 6.07) is 0.725. The van der Waals surface area contributed by atoms with Crippen molar-refractivity contribution in [2.75, 3.05) is 13.2 Å². The molecule has 0 aromatic carbocycles. The van der Waals surface area contributed by atoms with Gasteiger partial charge in [-0.2, -0.15) is 0 Å². The molecule has 1 aromatic rings. The second-order valence-corrected chi connectivity index (χ2v) is 5.52. The van der Waals surface area contributed by atoms with Crippen molar-refractivity contribution >= 4 is 0 Å². The predicted molar refractivity (Wildman–Crippen MR) is 70.3 cm³/mol. The second kappa shape index (κ2) is 5.41. The van der Waals surface area contributed by atoms with Crippen molar-refractivity contribution in [3.05, 3.63) is 18.2 Å². The van der Waals surface area contributed by atoms with Gasteiger partial charge in [0.05, 0.1) is 18.1 Å². The Labute approximate surface area is 109 Å². The molecule has 1 saturated heterocycles. The minimum absolute atomic E-state index is 0.464. The van der Waals surface area contributed by atoms with Gasteiger partial charge in [0.1, 0.15) is 0 Å². The molecule has 3 rings (SSSR count). The van der Waals surface area contributed by atoms with Crippen molar-refractivity contribution in [3.8, 4) is 0 Å². The molecule has 2 heterocycles. The third kappa shape index (κ3) is 2.59. The molecule has 0 radical (unpaired) electrons. The van der Waals surface area contributed by atoms with Crippen LogP contribution in [0.25, 0.3) is 0 Å². The zero-order chi connectivity index (χ0) is 12.4. The molecular formula is C14H23N3O. The molecule has 18 heavy (non-hydrogen) atoms. The lowest BCUT2D eigenvalue weighted by Crippen LogP contribution is -2.28. The molecule has 2 aliphatic rings. The Morgan fingerprint density at radius 1 is 1.44 bits per heavy atom. The van der Waals surface area contributed by atoms with Gasteiger partial charge in [0, 0.05) is 31.9 Å². The number of hydrogen-bond donors (Lipinski definition) is 1. The Morgan fingerprint density at radius 3 is 3.11 bits per heavy atom. The van der Waals surface area contributed by atoms with Crippen LogP contribution < -0.4 is 5.32 Å². The van der Waals surface area contributed by atoms with E-state index in [0.717, 1.165) is 32.2 Å². The average Bonchev–Trinajstić information content (AvgIpc) is 2.96. The number of nitrogens with one attached hydrogen (secondary N) is 1. The Kier molecular flexibility index (Phi) is 3.66. The summed E-state index contributed by atoms with van der Waals surface area (Å²) in [6.07, 6.45) is 9.40. The van der Waals surface area contributed by atoms with Gasteiger partial charge in [-0.05, 0) is 31.6 Å². The minimum Gasteiger partial charge on any atom is -0.378 e. The quantitative estimate of drug-likeness (QED) is 0.839. The molecule has 100 valence electrons. The number of aromatic nitrogens is 2. The highest BCUT2D eigenvalue weighted by molar-refractivity contribution is 5.03. The molecule has 1 aliphatic heterocycles. The van der Waals surface area contributed by atoms with E-state index in [0.29, 0.717) is 12.0 Å². The first kappa shape index (κ1) is 12.2. The van der Waals surface area contributed by atoms with E-state index in [-0.39, 0.29) is 0 Å². The largest absolute Gasteiger partial charge is 0.378 e. The monoisotopic (exact) mass is 249 g/mol. The number of hydrogen-bond acceptors (Lipinski definition) is 3. The van der Waals surface area contributed by atoms with Crippen LogP contribution in [-0.4, -0.2) is 28.8 Å². The van der Waals surface area contributed by atoms with E-state index >= 15 is 0 Å². The van der Waals surface area contributed by atoms with E-state index in [2.05, 4.69) is 21.8 Å². The highest BCUT2D eigenvalue weighted by atomic mass is 16.5. The lowest BCUT2D eigenvalue weighted by Gasteiger charge is -2.17. The number of rotatable bonds is 6. The maximum absolute atomic E-state index is 5.72. The summed E-state index contributed by atoms with van der Waals surface area (Å²) in [4.78, 5) is 4.26. The van der Waals surface area contributed by atoms with Crippen LogP contribution >= 0.6 is 0 Å². The van der Waals surface area contributed by atoms with Gasteiger partial charge in [0.15, 0.2) is 0 Å². The second-order valence-electron chi connectivity index (χ2n) is 5.52. The lowest BCUT2D eigenvalue weighted by atomic mass is 10.00. The van der Waals surface area contributed by atoms with E-state index in [1.807, 2.05) is 12.5 Å². The van der Waals surface area contributed by atoms with Crippen molar-refractivity contribution in [1.82, 2.24) is 14.9 Å². The Balaban J connectivity index is 1.47. The Hall–Kier alpha value is -0.870. The molecule has 4 nitrogen and oxygen atoms in total. The van der Waals surface area contributed by atoms with E-state index in [9.17, 15) is 0 Å². The van der Waals surface area contributed by atoms with E-state index in [4.69, 9.17) is 4.74 Å². The lowest BCUT2D eigenvalue weighted by molar-refractivity contribution is 0.0872. The fourth-order valence-corrected chi connectivity index (χ4v) is 2.91. The van der Waals surface area contributed by atoms with E-state index in [1.165, 1.54) is 25.0 Å². The zero-order valence-electron chi connectivity index (χ0n) is 11.1. The number of ether oxygens (including phenoxy) is 1. The zero-order valence-corrected chi connectivity index (χ0v) is 11.1. The molecular weight excluding hydrogens is 226 g/mol. The van der Waals surface area contributed by atoms with Crippen LogP contribution in [0.5, 0.6) is 0 Å². The summed E-state index contributed by atoms with van der Waals surface area (Å²) in [5.74, 6) is 0.687. The topological polar surface area (TPSA) is 39.1 Å². The summed E-state index contributed by atoms with van der Waals surface area (Å²) in [5, 5.41) is 3.58. The first-order valence-corrected chi connectivity index (χ1v) is 7.21. The van der Waals surface area contributed by atoms with Crippen LogP contribution in [0, 0.1) is 5.92 Å². The number of nitrogens with zero attached hydrogens (tertiary/aromatic N) is 2. The van der Waals surface area contributed by atoms with Gasteiger partial charge in [-0.15, -0.1) is 0 Å². The summed E-state index contributed by atoms with van der Waals surface area (Å²) in [7, 11) is 0. The van der Waals surface area contributed by atoms with E-state index in [1.54, 1.807) is 0 Å². The Morgan fingerprint density at radius 2 is 2.33 bits per heavy atom. The van der Waals surface area contributed by atoms with Crippen LogP contribution in [0.2, 0.25) is 0 Å². The molecule has 0 bridgehead atoms. The van der Waals surface area contributed by atoms with Gasteiger partial charge in [0.2, 0.25) is 0 Å². The van der Waals surface area contributed by atoms with Gasteiger partial charge in [0.25, 0.3) is 0 Å². The van der Waals surface area contributed by atoms with Crippen molar-refractivity contribution in [1.29, 1.82) is 0 Å². The normalized spacial score (nSPS) is 27.8. The maximum atomic E-state index is 5.72. The highest BCUT2D eigenvalue weighted by Gasteiger charge is 2.27. The molecule has 1 aromatic heterocycles. The number of imidazole rings is 1. The fraction of sp³-hybridized carbons (Fsp3) is 0.786. The van der Waals surface area contributed by atoms with Crippen LogP contribution in [-0.2, 0) is 11.3 Å². The predicted octanol–water partition coefficient (Wildman–Crippen LogP) is 2.12. The summed E-state index contributed by atoms with van der Waals surface area (Å²) < 4.78 is 8.05. The Bertz CT molecular complexity index is 386. The molecule has 1 saturated carbocycles. The summed E-state index contributed by atoms with van der Waals surface area (Å²) in [6.45, 7) is 5.15. The van der Waals surface area contributed by atoms with Gasteiger partial charge in [-0.1, -0.05) is 6.92 Å². The first-order valence-electron chi connectivity index (χ1n) is 7.21. The molecule has 0 spiro atoms. The smallest absolute Gasteiger partial charge is 0.0951 e. The molecule has 2 unspecified atom stereocenters. The van der Waals surface area contributed by atoms with Crippen molar-refractivity contribution in [2.24, 2.45) is 5.92 Å². The van der Waals surface area contributed by atoms with Crippen LogP contribution in [0.1, 0.15) is 44.3 Å². The molecule has 1 N–H and O–H groups in total. The van der Waals surface area contributed by atoms with Crippen molar-refractivity contribution in [2.45, 2.75) is 51.3 Å². The standard InChI is InChI=1S/C14H23N3O/c1-2-14-11(5-6-18-14)7-15-8-13-9-16-10-17(13)12-3-4-12/h9-12,14-15H,2-8H2,1H3. The van der Waals surface area contributed by atoms with Gasteiger partial charge in [-0.3, -0.25) is 0 Å². The molecule has 0 amide bonds. The molecule has 1 aliphatic carbocycles.